The lowest BCUT2D eigenvalue weighted by Gasteiger charge is -2.07. The van der Waals surface area contributed by atoms with Crippen LogP contribution in [-0.2, 0) is 11.3 Å². The van der Waals surface area contributed by atoms with Crippen molar-refractivity contribution in [3.63, 3.8) is 0 Å². The summed E-state index contributed by atoms with van der Waals surface area (Å²) >= 11 is 5.15. The molecule has 1 N–H and O–H groups in total. The summed E-state index contributed by atoms with van der Waals surface area (Å²) in [5.74, 6) is 0.712. The number of aromatic amines is 1. The number of nitro benzene ring substituents is 1. The smallest absolute Gasteiger partial charge is 0.311 e. The van der Waals surface area contributed by atoms with Gasteiger partial charge in [-0.2, -0.15) is 5.10 Å². The molecular formula is C12H14N4O4S. The first-order valence-electron chi connectivity index (χ1n) is 6.05. The lowest BCUT2D eigenvalue weighted by molar-refractivity contribution is -0.385. The average molecular weight is 310 g/mol. The molecule has 0 amide bonds. The Bertz CT molecular complexity index is 710. The highest BCUT2D eigenvalue weighted by Crippen LogP contribution is 2.31. The molecule has 0 aliphatic heterocycles. The molecule has 0 atom stereocenters. The van der Waals surface area contributed by atoms with E-state index in [4.69, 9.17) is 21.7 Å². The lowest BCUT2D eigenvalue weighted by Crippen LogP contribution is -2.06. The van der Waals surface area contributed by atoms with Crippen molar-refractivity contribution in [1.29, 1.82) is 0 Å². The van der Waals surface area contributed by atoms with Crippen LogP contribution < -0.4 is 4.74 Å². The number of H-pyrrole nitrogens is 1. The van der Waals surface area contributed by atoms with Gasteiger partial charge in [0, 0.05) is 18.7 Å². The summed E-state index contributed by atoms with van der Waals surface area (Å²) in [6.07, 6.45) is 0. The first kappa shape index (κ1) is 15.1. The fourth-order valence-electron chi connectivity index (χ4n) is 1.90. The van der Waals surface area contributed by atoms with Gasteiger partial charge >= 0.3 is 5.69 Å². The van der Waals surface area contributed by atoms with E-state index in [9.17, 15) is 10.1 Å². The van der Waals surface area contributed by atoms with E-state index >= 15 is 0 Å². The molecule has 0 unspecified atom stereocenters. The molecule has 1 aromatic carbocycles. The number of benzene rings is 1. The summed E-state index contributed by atoms with van der Waals surface area (Å²) in [4.78, 5) is 10.6. The summed E-state index contributed by atoms with van der Waals surface area (Å²) in [6, 6.07) is 4.64. The summed E-state index contributed by atoms with van der Waals surface area (Å²) in [7, 11) is 2.97. The molecular weight excluding hydrogens is 296 g/mol. The number of nitro groups is 1. The Balaban J connectivity index is 2.50. The largest absolute Gasteiger partial charge is 0.490 e. The normalized spacial score (nSPS) is 10.6. The molecule has 0 bridgehead atoms. The first-order valence-corrected chi connectivity index (χ1v) is 6.46. The highest BCUT2D eigenvalue weighted by molar-refractivity contribution is 7.71. The standard InChI is InChI=1S/C12H14N4O4S/c1-19-6-5-15-11(13-14-12(15)21)8-3-4-10(20-2)9(7-8)16(17)18/h3-4,7H,5-6H2,1-2H3,(H,14,21). The minimum Gasteiger partial charge on any atom is -0.490 e. The van der Waals surface area contributed by atoms with Gasteiger partial charge in [-0.3, -0.25) is 19.8 Å². The maximum atomic E-state index is 11.1. The van der Waals surface area contributed by atoms with Crippen LogP contribution in [0.15, 0.2) is 18.2 Å². The Kier molecular flexibility index (Phi) is 4.66. The topological polar surface area (TPSA) is 95.2 Å². The monoisotopic (exact) mass is 310 g/mol. The van der Waals surface area contributed by atoms with Crippen molar-refractivity contribution in [2.24, 2.45) is 0 Å². The van der Waals surface area contributed by atoms with Gasteiger partial charge in [0.2, 0.25) is 0 Å². The van der Waals surface area contributed by atoms with Crippen LogP contribution in [0, 0.1) is 14.9 Å². The second-order valence-corrected chi connectivity index (χ2v) is 4.53. The van der Waals surface area contributed by atoms with Crippen LogP contribution in [-0.4, -0.2) is 40.5 Å². The molecule has 0 aliphatic carbocycles. The van der Waals surface area contributed by atoms with Crippen molar-refractivity contribution in [3.05, 3.63) is 33.1 Å². The molecule has 21 heavy (non-hydrogen) atoms. The van der Waals surface area contributed by atoms with Gasteiger partial charge in [0.25, 0.3) is 0 Å². The molecule has 0 radical (unpaired) electrons. The van der Waals surface area contributed by atoms with Crippen LogP contribution in [0.25, 0.3) is 11.4 Å². The second kappa shape index (κ2) is 6.46. The molecule has 8 nitrogen and oxygen atoms in total. The Hall–Kier alpha value is -2.26. The molecule has 0 saturated heterocycles. The predicted molar refractivity (Wildman–Crippen MR) is 77.9 cm³/mol. The average Bonchev–Trinajstić information content (AvgIpc) is 2.85. The zero-order chi connectivity index (χ0) is 15.4. The first-order chi connectivity index (χ1) is 10.1. The predicted octanol–water partition coefficient (Wildman–Crippen LogP) is 2.17. The van der Waals surface area contributed by atoms with E-state index in [0.717, 1.165) is 0 Å². The van der Waals surface area contributed by atoms with Crippen LogP contribution >= 0.6 is 12.2 Å². The number of hydrogen-bond acceptors (Lipinski definition) is 6. The van der Waals surface area contributed by atoms with Gasteiger partial charge in [-0.15, -0.1) is 0 Å². The minimum atomic E-state index is -0.497. The second-order valence-electron chi connectivity index (χ2n) is 4.14. The van der Waals surface area contributed by atoms with Crippen molar-refractivity contribution in [2.75, 3.05) is 20.8 Å². The number of rotatable bonds is 6. The zero-order valence-electron chi connectivity index (χ0n) is 11.5. The van der Waals surface area contributed by atoms with E-state index in [1.165, 1.54) is 19.2 Å². The van der Waals surface area contributed by atoms with Gasteiger partial charge in [-0.1, -0.05) is 0 Å². The van der Waals surface area contributed by atoms with E-state index in [0.29, 0.717) is 29.3 Å². The third-order valence-corrected chi connectivity index (χ3v) is 3.22. The maximum Gasteiger partial charge on any atom is 0.311 e. The van der Waals surface area contributed by atoms with E-state index in [1.807, 2.05) is 0 Å². The minimum absolute atomic E-state index is 0.123. The SMILES string of the molecule is COCCn1c(-c2ccc(OC)c([N+](=O)[O-])c2)n[nH]c1=S. The molecule has 1 heterocycles. The highest BCUT2D eigenvalue weighted by atomic mass is 32.1. The van der Waals surface area contributed by atoms with Gasteiger partial charge in [0.1, 0.15) is 0 Å². The van der Waals surface area contributed by atoms with Crippen LogP contribution in [0.1, 0.15) is 0 Å². The molecule has 1 aromatic heterocycles. The van der Waals surface area contributed by atoms with Crippen molar-refractivity contribution >= 4 is 17.9 Å². The fourth-order valence-corrected chi connectivity index (χ4v) is 2.12. The van der Waals surface area contributed by atoms with Crippen LogP contribution in [0.5, 0.6) is 5.75 Å². The van der Waals surface area contributed by atoms with E-state index in [-0.39, 0.29) is 11.4 Å². The van der Waals surface area contributed by atoms with Crippen LogP contribution in [0.4, 0.5) is 5.69 Å². The van der Waals surface area contributed by atoms with Gasteiger partial charge < -0.3 is 9.47 Å². The lowest BCUT2D eigenvalue weighted by atomic mass is 10.1. The third-order valence-electron chi connectivity index (χ3n) is 2.91. The Labute approximate surface area is 125 Å². The number of nitrogens with zero attached hydrogens (tertiary/aromatic N) is 3. The number of aromatic nitrogens is 3. The fraction of sp³-hybridized carbons (Fsp3) is 0.333. The molecule has 0 fully saturated rings. The number of methoxy groups -OCH3 is 2. The summed E-state index contributed by atoms with van der Waals surface area (Å²) < 4.78 is 12.2. The number of hydrogen-bond donors (Lipinski definition) is 1. The third kappa shape index (κ3) is 3.09. The zero-order valence-corrected chi connectivity index (χ0v) is 12.3. The highest BCUT2D eigenvalue weighted by Gasteiger charge is 2.18. The van der Waals surface area contributed by atoms with E-state index in [1.54, 1.807) is 17.7 Å². The summed E-state index contributed by atoms with van der Waals surface area (Å²) in [5.41, 5.74) is 0.452. The molecule has 0 aliphatic rings. The Morgan fingerprint density at radius 3 is 2.86 bits per heavy atom. The van der Waals surface area contributed by atoms with Crippen LogP contribution in [0.3, 0.4) is 0 Å². The molecule has 0 spiro atoms. The Morgan fingerprint density at radius 2 is 2.24 bits per heavy atom. The quantitative estimate of drug-likeness (QED) is 0.499. The summed E-state index contributed by atoms with van der Waals surface area (Å²) in [5, 5.41) is 17.9. The van der Waals surface area contributed by atoms with Crippen molar-refractivity contribution < 1.29 is 14.4 Å². The Morgan fingerprint density at radius 1 is 1.48 bits per heavy atom. The molecule has 2 rings (SSSR count). The maximum absolute atomic E-state index is 11.1. The van der Waals surface area contributed by atoms with Crippen molar-refractivity contribution in [2.45, 2.75) is 6.54 Å². The van der Waals surface area contributed by atoms with Gasteiger partial charge in [-0.05, 0) is 24.4 Å². The van der Waals surface area contributed by atoms with Crippen LogP contribution in [0.2, 0.25) is 0 Å². The molecule has 9 heteroatoms. The van der Waals surface area contributed by atoms with Gasteiger partial charge in [0.15, 0.2) is 16.3 Å². The summed E-state index contributed by atoms with van der Waals surface area (Å²) in [6.45, 7) is 0.958. The molecule has 0 saturated carbocycles. The van der Waals surface area contributed by atoms with Gasteiger partial charge in [-0.25, -0.2) is 0 Å². The van der Waals surface area contributed by atoms with E-state index in [2.05, 4.69) is 10.2 Å². The number of nitrogens with one attached hydrogen (secondary N) is 1. The molecule has 2 aromatic rings. The molecule has 112 valence electrons. The van der Waals surface area contributed by atoms with Crippen molar-refractivity contribution in [3.8, 4) is 17.1 Å². The van der Waals surface area contributed by atoms with Crippen molar-refractivity contribution in [1.82, 2.24) is 14.8 Å². The number of ether oxygens (including phenoxy) is 2. The van der Waals surface area contributed by atoms with E-state index < -0.39 is 4.92 Å². The van der Waals surface area contributed by atoms with Gasteiger partial charge in [0.05, 0.1) is 25.2 Å².